The normalized spacial score (nSPS) is 15.8. The van der Waals surface area contributed by atoms with E-state index in [0.717, 1.165) is 32.5 Å². The van der Waals surface area contributed by atoms with Gasteiger partial charge in [0.15, 0.2) is 0 Å². The fourth-order valence-electron chi connectivity index (χ4n) is 2.71. The molecule has 0 aliphatic carbocycles. The number of thiophene rings is 1. The summed E-state index contributed by atoms with van der Waals surface area (Å²) in [6.07, 6.45) is 5.84. The summed E-state index contributed by atoms with van der Waals surface area (Å²) < 4.78 is 0.649. The Kier molecular flexibility index (Phi) is 4.95. The smallest absolute Gasteiger partial charge is 0.261 e. The molecule has 1 aliphatic rings. The minimum Gasteiger partial charge on any atom is -0.371 e. The van der Waals surface area contributed by atoms with Crippen molar-refractivity contribution in [3.05, 3.63) is 45.9 Å². The van der Waals surface area contributed by atoms with Crippen LogP contribution in [0.25, 0.3) is 0 Å². The number of carbonyl (C=O) groups excluding carboxylic acids is 1. The third kappa shape index (κ3) is 3.78. The van der Waals surface area contributed by atoms with Crippen LogP contribution in [0.2, 0.25) is 4.34 Å². The molecule has 0 bridgehead atoms. The number of nitrogens with one attached hydrogen (secondary N) is 1. The van der Waals surface area contributed by atoms with Crippen LogP contribution in [0.4, 0.5) is 5.69 Å². The van der Waals surface area contributed by atoms with Gasteiger partial charge in [0.1, 0.15) is 0 Å². The summed E-state index contributed by atoms with van der Waals surface area (Å²) in [5.41, 5.74) is 1.23. The van der Waals surface area contributed by atoms with E-state index >= 15 is 0 Å². The average molecular weight is 336 g/mol. The lowest BCUT2D eigenvalue weighted by Gasteiger charge is -2.33. The number of halogens is 1. The van der Waals surface area contributed by atoms with Gasteiger partial charge in [0.05, 0.1) is 9.21 Å². The highest BCUT2D eigenvalue weighted by atomic mass is 35.5. The first kappa shape index (κ1) is 15.3. The SMILES string of the molecule is O=C(NCC1CCN(c2ccncc2)CC1)c1ccc(Cl)s1. The number of aromatic nitrogens is 1. The Morgan fingerprint density at radius 3 is 2.64 bits per heavy atom. The monoisotopic (exact) mass is 335 g/mol. The van der Waals surface area contributed by atoms with Crippen molar-refractivity contribution in [1.29, 1.82) is 0 Å². The number of amides is 1. The van der Waals surface area contributed by atoms with Gasteiger partial charge in [-0.25, -0.2) is 0 Å². The van der Waals surface area contributed by atoms with E-state index in [1.807, 2.05) is 24.5 Å². The van der Waals surface area contributed by atoms with Crippen molar-refractivity contribution < 1.29 is 4.79 Å². The molecule has 116 valence electrons. The average Bonchev–Trinajstić information content (AvgIpc) is 3.00. The molecule has 22 heavy (non-hydrogen) atoms. The second kappa shape index (κ2) is 7.11. The van der Waals surface area contributed by atoms with Crippen molar-refractivity contribution in [3.63, 3.8) is 0 Å². The van der Waals surface area contributed by atoms with Gasteiger partial charge in [0.25, 0.3) is 5.91 Å². The van der Waals surface area contributed by atoms with E-state index in [2.05, 4.69) is 15.2 Å². The minimum atomic E-state index is -0.0199. The Morgan fingerprint density at radius 1 is 1.27 bits per heavy atom. The lowest BCUT2D eigenvalue weighted by atomic mass is 9.96. The molecule has 1 amide bonds. The van der Waals surface area contributed by atoms with Crippen LogP contribution in [-0.4, -0.2) is 30.5 Å². The van der Waals surface area contributed by atoms with Crippen LogP contribution in [0, 0.1) is 5.92 Å². The quantitative estimate of drug-likeness (QED) is 0.930. The molecule has 4 nitrogen and oxygen atoms in total. The Morgan fingerprint density at radius 2 is 2.00 bits per heavy atom. The lowest BCUT2D eigenvalue weighted by Crippen LogP contribution is -2.38. The largest absolute Gasteiger partial charge is 0.371 e. The van der Waals surface area contributed by atoms with E-state index in [9.17, 15) is 4.79 Å². The zero-order valence-electron chi connectivity index (χ0n) is 12.2. The summed E-state index contributed by atoms with van der Waals surface area (Å²) in [6, 6.07) is 7.62. The Balaban J connectivity index is 1.45. The van der Waals surface area contributed by atoms with Crippen LogP contribution in [0.5, 0.6) is 0 Å². The molecule has 1 N–H and O–H groups in total. The number of carbonyl (C=O) groups is 1. The minimum absolute atomic E-state index is 0.0199. The van der Waals surface area contributed by atoms with Crippen molar-refractivity contribution >= 4 is 34.5 Å². The van der Waals surface area contributed by atoms with E-state index in [1.54, 1.807) is 12.1 Å². The van der Waals surface area contributed by atoms with Crippen LogP contribution in [0.1, 0.15) is 22.5 Å². The van der Waals surface area contributed by atoms with Gasteiger partial charge in [-0.3, -0.25) is 9.78 Å². The molecule has 0 atom stereocenters. The molecule has 0 spiro atoms. The van der Waals surface area contributed by atoms with Gasteiger partial charge < -0.3 is 10.2 Å². The molecule has 2 aromatic rings. The zero-order valence-corrected chi connectivity index (χ0v) is 13.7. The van der Waals surface area contributed by atoms with E-state index < -0.39 is 0 Å². The van der Waals surface area contributed by atoms with Crippen LogP contribution >= 0.6 is 22.9 Å². The van der Waals surface area contributed by atoms with Gasteiger partial charge in [-0.2, -0.15) is 0 Å². The fourth-order valence-corrected chi connectivity index (χ4v) is 3.67. The van der Waals surface area contributed by atoms with Crippen molar-refractivity contribution in [3.8, 4) is 0 Å². The fraction of sp³-hybridized carbons (Fsp3) is 0.375. The molecule has 0 radical (unpaired) electrons. The molecular weight excluding hydrogens is 318 g/mol. The first-order valence-electron chi connectivity index (χ1n) is 7.41. The number of hydrogen-bond donors (Lipinski definition) is 1. The lowest BCUT2D eigenvalue weighted by molar-refractivity contribution is 0.0949. The molecule has 3 heterocycles. The summed E-state index contributed by atoms with van der Waals surface area (Å²) in [4.78, 5) is 19.1. The Bertz CT molecular complexity index is 623. The number of pyridine rings is 1. The Hall–Kier alpha value is -1.59. The van der Waals surface area contributed by atoms with Gasteiger partial charge in [0.2, 0.25) is 0 Å². The van der Waals surface area contributed by atoms with Gasteiger partial charge in [0, 0.05) is 37.7 Å². The van der Waals surface area contributed by atoms with E-state index in [1.165, 1.54) is 17.0 Å². The van der Waals surface area contributed by atoms with Gasteiger partial charge in [-0.15, -0.1) is 11.3 Å². The third-order valence-corrected chi connectivity index (χ3v) is 5.22. The second-order valence-corrected chi connectivity index (χ2v) is 7.16. The van der Waals surface area contributed by atoms with E-state index in [4.69, 9.17) is 11.6 Å². The molecule has 3 rings (SSSR count). The van der Waals surface area contributed by atoms with E-state index in [-0.39, 0.29) is 5.91 Å². The molecule has 6 heteroatoms. The maximum absolute atomic E-state index is 12.0. The van der Waals surface area contributed by atoms with Gasteiger partial charge >= 0.3 is 0 Å². The highest BCUT2D eigenvalue weighted by Gasteiger charge is 2.20. The maximum Gasteiger partial charge on any atom is 0.261 e. The van der Waals surface area contributed by atoms with Gasteiger partial charge in [-0.05, 0) is 43.0 Å². The van der Waals surface area contributed by atoms with Crippen LogP contribution in [0.15, 0.2) is 36.7 Å². The summed E-state index contributed by atoms with van der Waals surface area (Å²) in [6.45, 7) is 2.78. The number of rotatable bonds is 4. The number of hydrogen-bond acceptors (Lipinski definition) is 4. The highest BCUT2D eigenvalue weighted by Crippen LogP contribution is 2.23. The molecule has 1 aliphatic heterocycles. The molecular formula is C16H18ClN3OS. The number of nitrogens with zero attached hydrogens (tertiary/aromatic N) is 2. The predicted octanol–water partition coefficient (Wildman–Crippen LogP) is 3.44. The van der Waals surface area contributed by atoms with Crippen molar-refractivity contribution in [2.75, 3.05) is 24.5 Å². The van der Waals surface area contributed by atoms with Gasteiger partial charge in [-0.1, -0.05) is 11.6 Å². The maximum atomic E-state index is 12.0. The summed E-state index contributed by atoms with van der Waals surface area (Å²) in [5.74, 6) is 0.519. The zero-order chi connectivity index (χ0) is 15.4. The topological polar surface area (TPSA) is 45.2 Å². The van der Waals surface area contributed by atoms with Crippen LogP contribution < -0.4 is 10.2 Å². The first-order chi connectivity index (χ1) is 10.7. The summed E-state index contributed by atoms with van der Waals surface area (Å²) in [7, 11) is 0. The third-order valence-electron chi connectivity index (χ3n) is 3.99. The summed E-state index contributed by atoms with van der Waals surface area (Å²) >= 11 is 7.18. The molecule has 0 unspecified atom stereocenters. The van der Waals surface area contributed by atoms with Crippen molar-refractivity contribution in [2.24, 2.45) is 5.92 Å². The van der Waals surface area contributed by atoms with Crippen LogP contribution in [0.3, 0.4) is 0 Å². The highest BCUT2D eigenvalue weighted by molar-refractivity contribution is 7.17. The molecule has 2 aromatic heterocycles. The molecule has 1 fully saturated rings. The predicted molar refractivity (Wildman–Crippen MR) is 90.8 cm³/mol. The first-order valence-corrected chi connectivity index (χ1v) is 8.60. The van der Waals surface area contributed by atoms with Crippen LogP contribution in [-0.2, 0) is 0 Å². The molecule has 0 saturated carbocycles. The molecule has 1 saturated heterocycles. The standard InChI is InChI=1S/C16H18ClN3OS/c17-15-2-1-14(22-15)16(21)19-11-12-5-9-20(10-6-12)13-3-7-18-8-4-13/h1-4,7-8,12H,5-6,9-11H2,(H,19,21). The Labute approximate surface area is 139 Å². The molecule has 0 aromatic carbocycles. The summed E-state index contributed by atoms with van der Waals surface area (Å²) in [5, 5.41) is 3.02. The van der Waals surface area contributed by atoms with Crippen molar-refractivity contribution in [2.45, 2.75) is 12.8 Å². The second-order valence-electron chi connectivity index (χ2n) is 5.45. The van der Waals surface area contributed by atoms with E-state index in [0.29, 0.717) is 15.1 Å². The van der Waals surface area contributed by atoms with Crippen molar-refractivity contribution in [1.82, 2.24) is 10.3 Å². The number of anilines is 1. The number of piperidine rings is 1.